The SMILES string of the molecule is Cc1cccc(C(=O)NCCCCO)c1Cl. The fourth-order valence-electron chi connectivity index (χ4n) is 1.36. The molecule has 0 radical (unpaired) electrons. The second-order valence-corrected chi connectivity index (χ2v) is 4.00. The molecule has 0 bridgehead atoms. The molecule has 0 saturated carbocycles. The van der Waals surface area contributed by atoms with E-state index in [0.717, 1.165) is 12.0 Å². The van der Waals surface area contributed by atoms with Crippen LogP contribution < -0.4 is 5.32 Å². The van der Waals surface area contributed by atoms with Crippen molar-refractivity contribution in [2.75, 3.05) is 13.2 Å². The molecule has 0 unspecified atom stereocenters. The minimum atomic E-state index is -0.161. The van der Waals surface area contributed by atoms with Gasteiger partial charge in [-0.2, -0.15) is 0 Å². The lowest BCUT2D eigenvalue weighted by Crippen LogP contribution is -2.25. The second-order valence-electron chi connectivity index (χ2n) is 3.62. The molecule has 0 aliphatic carbocycles. The molecule has 0 aliphatic heterocycles. The van der Waals surface area contributed by atoms with Gasteiger partial charge in [0.05, 0.1) is 10.6 Å². The molecule has 0 saturated heterocycles. The molecule has 1 aromatic rings. The summed E-state index contributed by atoms with van der Waals surface area (Å²) in [6.45, 7) is 2.58. The van der Waals surface area contributed by atoms with Crippen LogP contribution in [0.1, 0.15) is 28.8 Å². The number of hydrogen-bond donors (Lipinski definition) is 2. The highest BCUT2D eigenvalue weighted by Crippen LogP contribution is 2.19. The number of rotatable bonds is 5. The molecule has 0 atom stereocenters. The van der Waals surface area contributed by atoms with E-state index in [1.165, 1.54) is 0 Å². The Labute approximate surface area is 100 Å². The molecule has 4 heteroatoms. The van der Waals surface area contributed by atoms with Crippen molar-refractivity contribution in [3.8, 4) is 0 Å². The number of aliphatic hydroxyl groups is 1. The molecule has 0 aromatic heterocycles. The van der Waals surface area contributed by atoms with Gasteiger partial charge in [0.15, 0.2) is 0 Å². The van der Waals surface area contributed by atoms with E-state index >= 15 is 0 Å². The first kappa shape index (κ1) is 13.0. The van der Waals surface area contributed by atoms with Crippen LogP contribution in [0.25, 0.3) is 0 Å². The van der Waals surface area contributed by atoms with Crippen LogP contribution in [0, 0.1) is 6.92 Å². The Morgan fingerprint density at radius 2 is 2.19 bits per heavy atom. The summed E-state index contributed by atoms with van der Waals surface area (Å²) in [5, 5.41) is 11.9. The van der Waals surface area contributed by atoms with Gasteiger partial charge in [0.1, 0.15) is 0 Å². The first-order valence-electron chi connectivity index (χ1n) is 5.31. The molecule has 1 rings (SSSR count). The highest BCUT2D eigenvalue weighted by Gasteiger charge is 2.10. The lowest BCUT2D eigenvalue weighted by molar-refractivity contribution is 0.0952. The van der Waals surface area contributed by atoms with Gasteiger partial charge in [0.25, 0.3) is 5.91 Å². The summed E-state index contributed by atoms with van der Waals surface area (Å²) in [7, 11) is 0. The van der Waals surface area contributed by atoms with Crippen LogP contribution in [0.15, 0.2) is 18.2 Å². The van der Waals surface area contributed by atoms with Crippen molar-refractivity contribution in [2.24, 2.45) is 0 Å². The van der Waals surface area contributed by atoms with E-state index < -0.39 is 0 Å². The molecule has 1 aromatic carbocycles. The first-order chi connectivity index (χ1) is 7.66. The maximum absolute atomic E-state index is 11.7. The molecule has 16 heavy (non-hydrogen) atoms. The maximum atomic E-state index is 11.7. The second kappa shape index (κ2) is 6.51. The number of benzene rings is 1. The summed E-state index contributed by atoms with van der Waals surface area (Å²) in [6.07, 6.45) is 1.47. The fourth-order valence-corrected chi connectivity index (χ4v) is 1.57. The standard InChI is InChI=1S/C12H16ClNO2/c1-9-5-4-6-10(11(9)13)12(16)14-7-2-3-8-15/h4-6,15H,2-3,7-8H2,1H3,(H,14,16). The van der Waals surface area contributed by atoms with E-state index in [0.29, 0.717) is 23.6 Å². The lowest BCUT2D eigenvalue weighted by atomic mass is 10.1. The Morgan fingerprint density at radius 3 is 2.88 bits per heavy atom. The van der Waals surface area contributed by atoms with Gasteiger partial charge in [-0.25, -0.2) is 0 Å². The van der Waals surface area contributed by atoms with Crippen LogP contribution in [0.3, 0.4) is 0 Å². The van der Waals surface area contributed by atoms with Gasteiger partial charge in [0, 0.05) is 13.2 Å². The largest absolute Gasteiger partial charge is 0.396 e. The summed E-state index contributed by atoms with van der Waals surface area (Å²) >= 11 is 6.03. The normalized spacial score (nSPS) is 10.2. The summed E-state index contributed by atoms with van der Waals surface area (Å²) in [5.74, 6) is -0.161. The maximum Gasteiger partial charge on any atom is 0.252 e. The lowest BCUT2D eigenvalue weighted by Gasteiger charge is -2.07. The van der Waals surface area contributed by atoms with Crippen molar-refractivity contribution in [2.45, 2.75) is 19.8 Å². The Bertz CT molecular complexity index is 366. The monoisotopic (exact) mass is 241 g/mol. The highest BCUT2D eigenvalue weighted by molar-refractivity contribution is 6.34. The minimum absolute atomic E-state index is 0.154. The quantitative estimate of drug-likeness (QED) is 0.776. The predicted octanol–water partition coefficient (Wildman–Crippen LogP) is 2.15. The van der Waals surface area contributed by atoms with Crippen molar-refractivity contribution in [3.05, 3.63) is 34.3 Å². The van der Waals surface area contributed by atoms with Crippen LogP contribution in [0.5, 0.6) is 0 Å². The third-order valence-corrected chi connectivity index (χ3v) is 2.81. The van der Waals surface area contributed by atoms with E-state index in [2.05, 4.69) is 5.32 Å². The molecule has 2 N–H and O–H groups in total. The first-order valence-corrected chi connectivity index (χ1v) is 5.68. The van der Waals surface area contributed by atoms with E-state index in [1.807, 2.05) is 19.1 Å². The molecule has 0 aliphatic rings. The Hall–Kier alpha value is -1.06. The summed E-state index contributed by atoms with van der Waals surface area (Å²) in [6, 6.07) is 5.38. The average molecular weight is 242 g/mol. The number of aryl methyl sites for hydroxylation is 1. The Kier molecular flexibility index (Phi) is 5.29. The third kappa shape index (κ3) is 3.51. The molecule has 0 spiro atoms. The molecular weight excluding hydrogens is 226 g/mol. The molecule has 1 amide bonds. The van der Waals surface area contributed by atoms with E-state index in [-0.39, 0.29) is 12.5 Å². The number of amides is 1. The van der Waals surface area contributed by atoms with Crippen LogP contribution in [0.4, 0.5) is 0 Å². The number of unbranched alkanes of at least 4 members (excludes halogenated alkanes) is 1. The number of carbonyl (C=O) groups excluding carboxylic acids is 1. The summed E-state index contributed by atoms with van der Waals surface area (Å²) in [5.41, 5.74) is 1.40. The Morgan fingerprint density at radius 1 is 1.44 bits per heavy atom. The number of carbonyl (C=O) groups is 1. The molecule has 0 heterocycles. The smallest absolute Gasteiger partial charge is 0.252 e. The van der Waals surface area contributed by atoms with Gasteiger partial charge >= 0.3 is 0 Å². The van der Waals surface area contributed by atoms with Gasteiger partial charge in [0.2, 0.25) is 0 Å². The van der Waals surface area contributed by atoms with Gasteiger partial charge in [-0.3, -0.25) is 4.79 Å². The van der Waals surface area contributed by atoms with Crippen molar-refractivity contribution in [3.63, 3.8) is 0 Å². The van der Waals surface area contributed by atoms with Crippen molar-refractivity contribution in [1.29, 1.82) is 0 Å². The molecule has 0 fully saturated rings. The van der Waals surface area contributed by atoms with Crippen LogP contribution >= 0.6 is 11.6 Å². The fraction of sp³-hybridized carbons (Fsp3) is 0.417. The van der Waals surface area contributed by atoms with Crippen LogP contribution in [-0.4, -0.2) is 24.2 Å². The molecular formula is C12H16ClNO2. The minimum Gasteiger partial charge on any atom is -0.396 e. The molecule has 88 valence electrons. The van der Waals surface area contributed by atoms with E-state index in [4.69, 9.17) is 16.7 Å². The Balaban J connectivity index is 2.56. The summed E-state index contributed by atoms with van der Waals surface area (Å²) in [4.78, 5) is 11.7. The zero-order chi connectivity index (χ0) is 12.0. The number of nitrogens with one attached hydrogen (secondary N) is 1. The topological polar surface area (TPSA) is 49.3 Å². The van der Waals surface area contributed by atoms with Crippen LogP contribution in [-0.2, 0) is 0 Å². The van der Waals surface area contributed by atoms with Gasteiger partial charge < -0.3 is 10.4 Å². The van der Waals surface area contributed by atoms with Crippen LogP contribution in [0.2, 0.25) is 5.02 Å². The zero-order valence-corrected chi connectivity index (χ0v) is 10.0. The van der Waals surface area contributed by atoms with E-state index in [1.54, 1.807) is 6.07 Å². The zero-order valence-electron chi connectivity index (χ0n) is 9.29. The van der Waals surface area contributed by atoms with Gasteiger partial charge in [-0.05, 0) is 31.4 Å². The number of hydrogen-bond acceptors (Lipinski definition) is 2. The average Bonchev–Trinajstić information content (AvgIpc) is 2.28. The molecule has 3 nitrogen and oxygen atoms in total. The van der Waals surface area contributed by atoms with E-state index in [9.17, 15) is 4.79 Å². The van der Waals surface area contributed by atoms with Crippen molar-refractivity contribution < 1.29 is 9.90 Å². The predicted molar refractivity (Wildman–Crippen MR) is 64.8 cm³/mol. The van der Waals surface area contributed by atoms with Gasteiger partial charge in [-0.15, -0.1) is 0 Å². The van der Waals surface area contributed by atoms with Gasteiger partial charge in [-0.1, -0.05) is 23.7 Å². The third-order valence-electron chi connectivity index (χ3n) is 2.31. The highest BCUT2D eigenvalue weighted by atomic mass is 35.5. The van der Waals surface area contributed by atoms with Crippen molar-refractivity contribution >= 4 is 17.5 Å². The summed E-state index contributed by atoms with van der Waals surface area (Å²) < 4.78 is 0. The number of aliphatic hydroxyl groups excluding tert-OH is 1. The number of halogens is 1. The van der Waals surface area contributed by atoms with Crippen molar-refractivity contribution in [1.82, 2.24) is 5.32 Å².